The molecule has 1 aromatic heterocycles. The van der Waals surface area contributed by atoms with Gasteiger partial charge in [-0.15, -0.1) is 0 Å². The number of nitrogens with one attached hydrogen (secondary N) is 2. The van der Waals surface area contributed by atoms with Crippen LogP contribution < -0.4 is 16.8 Å². The number of carbonyl (C=O) groups is 1. The Morgan fingerprint density at radius 1 is 0.970 bits per heavy atom. The van der Waals surface area contributed by atoms with E-state index in [1.54, 1.807) is 24.3 Å². The van der Waals surface area contributed by atoms with Gasteiger partial charge in [-0.2, -0.15) is 0 Å². The fraction of sp³-hybridized carbons (Fsp3) is 0.200. The summed E-state index contributed by atoms with van der Waals surface area (Å²) in [6.07, 6.45) is 1.86. The average Bonchev–Trinajstić information content (AvgIpc) is 3.24. The fourth-order valence-corrected chi connectivity index (χ4v) is 3.76. The zero-order valence-corrected chi connectivity index (χ0v) is 18.2. The Morgan fingerprint density at radius 3 is 2.12 bits per heavy atom. The number of nitrogens with zero attached hydrogens (tertiary/aromatic N) is 1. The van der Waals surface area contributed by atoms with Crippen molar-refractivity contribution in [1.82, 2.24) is 15.3 Å². The van der Waals surface area contributed by atoms with Crippen molar-refractivity contribution in [3.63, 3.8) is 0 Å². The van der Waals surface area contributed by atoms with Gasteiger partial charge in [0.15, 0.2) is 5.82 Å². The minimum atomic E-state index is -0.333. The van der Waals surface area contributed by atoms with Gasteiger partial charge in [0.05, 0.1) is 24.1 Å². The number of carbonyl (C=O) groups excluding carboxylic acids is 1. The van der Waals surface area contributed by atoms with Gasteiger partial charge in [0, 0.05) is 12.8 Å². The number of benzene rings is 3. The van der Waals surface area contributed by atoms with E-state index in [4.69, 9.17) is 0 Å². The van der Waals surface area contributed by atoms with Crippen molar-refractivity contribution in [3.8, 4) is 22.3 Å². The number of hydrogen-bond acceptors (Lipinski definition) is 2. The number of aromatic amines is 1. The Labute approximate surface area is 190 Å². The summed E-state index contributed by atoms with van der Waals surface area (Å²) in [6.45, 7) is 1.30. The number of amides is 1. The normalized spacial score (nSPS) is 12.1. The van der Waals surface area contributed by atoms with Crippen LogP contribution in [0.3, 0.4) is 0 Å². The molecule has 0 aliphatic rings. The van der Waals surface area contributed by atoms with Gasteiger partial charge >= 0.3 is 0 Å². The molecule has 6 nitrogen and oxygen atoms in total. The lowest BCUT2D eigenvalue weighted by molar-refractivity contribution is -0.423. The SMILES string of the molecule is [NH3+]CCC[C@H]([NH3+])CNC(=O)c1nc2cc(-c3ccc(F)cc3)c(-c3ccc(F)cc3)cc2[nH]1. The van der Waals surface area contributed by atoms with E-state index >= 15 is 0 Å². The third kappa shape index (κ3) is 5.24. The highest BCUT2D eigenvalue weighted by Crippen LogP contribution is 2.35. The first-order chi connectivity index (χ1) is 15.9. The minimum absolute atomic E-state index is 0.107. The summed E-state index contributed by atoms with van der Waals surface area (Å²) in [7, 11) is 0. The van der Waals surface area contributed by atoms with Crippen molar-refractivity contribution in [2.24, 2.45) is 0 Å². The van der Waals surface area contributed by atoms with Gasteiger partial charge in [-0.25, -0.2) is 13.8 Å². The lowest BCUT2D eigenvalue weighted by Gasteiger charge is -2.11. The highest BCUT2D eigenvalue weighted by atomic mass is 19.1. The van der Waals surface area contributed by atoms with Gasteiger partial charge in [0.25, 0.3) is 5.91 Å². The first-order valence-corrected chi connectivity index (χ1v) is 10.9. The molecule has 0 fully saturated rings. The summed E-state index contributed by atoms with van der Waals surface area (Å²) in [6, 6.07) is 16.1. The van der Waals surface area contributed by atoms with Crippen molar-refractivity contribution in [2.75, 3.05) is 13.1 Å². The fourth-order valence-electron chi connectivity index (χ4n) is 3.76. The second-order valence-corrected chi connectivity index (χ2v) is 8.09. The molecule has 0 spiro atoms. The number of H-pyrrole nitrogens is 1. The Morgan fingerprint density at radius 2 is 1.55 bits per heavy atom. The van der Waals surface area contributed by atoms with Gasteiger partial charge in [0.2, 0.25) is 0 Å². The molecule has 4 aromatic rings. The van der Waals surface area contributed by atoms with Crippen molar-refractivity contribution in [2.45, 2.75) is 18.9 Å². The molecule has 8 N–H and O–H groups in total. The smallest absolute Gasteiger partial charge is 0.287 e. The van der Waals surface area contributed by atoms with Crippen LogP contribution in [-0.2, 0) is 0 Å². The molecule has 33 heavy (non-hydrogen) atoms. The molecule has 0 unspecified atom stereocenters. The number of fused-ring (bicyclic) bond motifs is 1. The molecule has 1 atom stereocenters. The quantitative estimate of drug-likeness (QED) is 0.330. The summed E-state index contributed by atoms with van der Waals surface area (Å²) >= 11 is 0. The lowest BCUT2D eigenvalue weighted by Crippen LogP contribution is -2.65. The molecule has 4 rings (SSSR count). The molecule has 1 amide bonds. The van der Waals surface area contributed by atoms with Gasteiger partial charge in [-0.3, -0.25) is 4.79 Å². The van der Waals surface area contributed by atoms with Crippen LogP contribution in [0.5, 0.6) is 0 Å². The maximum Gasteiger partial charge on any atom is 0.287 e. The predicted octanol–water partition coefficient (Wildman–Crippen LogP) is 2.54. The number of hydrogen-bond donors (Lipinski definition) is 4. The zero-order valence-electron chi connectivity index (χ0n) is 18.2. The van der Waals surface area contributed by atoms with Crippen molar-refractivity contribution in [3.05, 3.63) is 78.1 Å². The topological polar surface area (TPSA) is 113 Å². The largest absolute Gasteiger partial charge is 0.358 e. The van der Waals surface area contributed by atoms with E-state index < -0.39 is 0 Å². The summed E-state index contributed by atoms with van der Waals surface area (Å²) in [5, 5.41) is 2.87. The monoisotopic (exact) mass is 451 g/mol. The Kier molecular flexibility index (Phi) is 6.76. The molecule has 0 saturated carbocycles. The van der Waals surface area contributed by atoms with Crippen LogP contribution >= 0.6 is 0 Å². The van der Waals surface area contributed by atoms with E-state index in [2.05, 4.69) is 26.8 Å². The molecule has 8 heteroatoms. The first-order valence-electron chi connectivity index (χ1n) is 10.9. The Hall–Kier alpha value is -3.62. The van der Waals surface area contributed by atoms with Gasteiger partial charge in [-0.1, -0.05) is 24.3 Å². The number of quaternary nitrogens is 2. The molecule has 170 valence electrons. The summed E-state index contributed by atoms with van der Waals surface area (Å²) < 4.78 is 27.0. The Bertz CT molecular complexity index is 1170. The molecule has 0 aliphatic carbocycles. The molecule has 0 saturated heterocycles. The van der Waals surface area contributed by atoms with Crippen molar-refractivity contribution < 1.29 is 25.0 Å². The summed E-state index contributed by atoms with van der Waals surface area (Å²) in [4.78, 5) is 20.2. The highest BCUT2D eigenvalue weighted by molar-refractivity contribution is 5.98. The molecule has 1 heterocycles. The standard InChI is InChI=1S/C25H25F2N5O/c26-17-7-3-15(4-8-17)20-12-22-23(13-21(20)16-5-9-18(27)10-6-16)32-24(31-22)25(33)30-14-19(29)2-1-11-28/h3-10,12-13,19H,1-2,11,14,28-29H2,(H,30,33)(H,31,32)/p+2/t19-/m0/s1. The first kappa shape index (κ1) is 22.6. The van der Waals surface area contributed by atoms with E-state index in [0.717, 1.165) is 41.6 Å². The second-order valence-electron chi connectivity index (χ2n) is 8.09. The minimum Gasteiger partial charge on any atom is -0.358 e. The van der Waals surface area contributed by atoms with E-state index in [-0.39, 0.29) is 29.4 Å². The maximum atomic E-state index is 13.5. The van der Waals surface area contributed by atoms with Crippen LogP contribution in [0.1, 0.15) is 23.5 Å². The van der Waals surface area contributed by atoms with Crippen LogP contribution in [0.25, 0.3) is 33.3 Å². The highest BCUT2D eigenvalue weighted by Gasteiger charge is 2.17. The van der Waals surface area contributed by atoms with Crippen molar-refractivity contribution in [1.29, 1.82) is 0 Å². The molecule has 3 aromatic carbocycles. The Balaban J connectivity index is 1.70. The maximum absolute atomic E-state index is 13.5. The van der Waals surface area contributed by atoms with Crippen LogP contribution in [-0.4, -0.2) is 35.0 Å². The predicted molar refractivity (Wildman–Crippen MR) is 123 cm³/mol. The van der Waals surface area contributed by atoms with Gasteiger partial charge < -0.3 is 21.8 Å². The van der Waals surface area contributed by atoms with E-state index in [0.29, 0.717) is 17.6 Å². The number of halogens is 2. The summed E-state index contributed by atoms with van der Waals surface area (Å²) in [5.74, 6) is -0.764. The van der Waals surface area contributed by atoms with Crippen molar-refractivity contribution >= 4 is 16.9 Å². The second kappa shape index (κ2) is 9.89. The van der Waals surface area contributed by atoms with E-state index in [1.807, 2.05) is 12.1 Å². The van der Waals surface area contributed by atoms with Crippen LogP contribution in [0, 0.1) is 11.6 Å². The van der Waals surface area contributed by atoms with Crippen LogP contribution in [0.4, 0.5) is 8.78 Å². The van der Waals surface area contributed by atoms with E-state index in [9.17, 15) is 13.6 Å². The number of imidazole rings is 1. The summed E-state index contributed by atoms with van der Waals surface area (Å²) in [5.41, 5.74) is 12.4. The molecule has 0 radical (unpaired) electrons. The lowest BCUT2D eigenvalue weighted by atomic mass is 9.94. The molecule has 0 aliphatic heterocycles. The molecular weight excluding hydrogens is 424 g/mol. The number of rotatable bonds is 8. The number of aromatic nitrogens is 2. The molecular formula is C25H27F2N5O+2. The average molecular weight is 452 g/mol. The van der Waals surface area contributed by atoms with Gasteiger partial charge in [-0.05, 0) is 58.7 Å². The van der Waals surface area contributed by atoms with Crippen LogP contribution in [0.2, 0.25) is 0 Å². The van der Waals surface area contributed by atoms with Crippen LogP contribution in [0.15, 0.2) is 60.7 Å². The van der Waals surface area contributed by atoms with Gasteiger partial charge in [0.1, 0.15) is 17.7 Å². The zero-order chi connectivity index (χ0) is 23.4. The third-order valence-electron chi connectivity index (χ3n) is 5.56. The van der Waals surface area contributed by atoms with E-state index in [1.165, 1.54) is 24.3 Å². The molecule has 0 bridgehead atoms. The third-order valence-corrected chi connectivity index (χ3v) is 5.56.